The third-order valence-corrected chi connectivity index (χ3v) is 8.89. The number of carbonyl (C=O) groups is 3. The summed E-state index contributed by atoms with van der Waals surface area (Å²) in [5.74, 6) is -2.49. The van der Waals surface area contributed by atoms with Crippen molar-refractivity contribution in [1.29, 1.82) is 0 Å². The number of amides is 2. The summed E-state index contributed by atoms with van der Waals surface area (Å²) in [5, 5.41) is 14.5. The van der Waals surface area contributed by atoms with Gasteiger partial charge in [0.05, 0.1) is 36.2 Å². The van der Waals surface area contributed by atoms with E-state index in [2.05, 4.69) is 10.3 Å². The molecular formula is C29H28ClFN4O6S. The van der Waals surface area contributed by atoms with Gasteiger partial charge in [0.1, 0.15) is 22.7 Å². The van der Waals surface area contributed by atoms with Crippen molar-refractivity contribution in [3.8, 4) is 0 Å². The molecule has 13 heteroatoms. The minimum atomic E-state index is -1.04. The molecule has 1 fully saturated rings. The average Bonchev–Trinajstić information content (AvgIpc) is 3.72. The number of fused-ring (bicyclic) bond motifs is 1. The first-order valence-corrected chi connectivity index (χ1v) is 14.3. The summed E-state index contributed by atoms with van der Waals surface area (Å²) in [6, 6.07) is 9.47. The van der Waals surface area contributed by atoms with E-state index in [1.165, 1.54) is 30.8 Å². The van der Waals surface area contributed by atoms with Crippen molar-refractivity contribution in [2.24, 2.45) is 0 Å². The van der Waals surface area contributed by atoms with Gasteiger partial charge in [0.15, 0.2) is 5.66 Å². The molecule has 10 nitrogen and oxygen atoms in total. The Hall–Kier alpha value is -3.84. The fourth-order valence-corrected chi connectivity index (χ4v) is 6.63. The summed E-state index contributed by atoms with van der Waals surface area (Å²) in [7, 11) is 3.18. The van der Waals surface area contributed by atoms with E-state index in [-0.39, 0.29) is 40.6 Å². The summed E-state index contributed by atoms with van der Waals surface area (Å²) in [6.45, 7) is 0.388. The topological polar surface area (TPSA) is 125 Å². The van der Waals surface area contributed by atoms with Gasteiger partial charge in [0.2, 0.25) is 5.91 Å². The number of hydroxylamine groups is 2. The maximum absolute atomic E-state index is 15.3. The van der Waals surface area contributed by atoms with Crippen molar-refractivity contribution in [3.05, 3.63) is 80.7 Å². The molecule has 0 aliphatic carbocycles. The molecule has 0 radical (unpaired) electrons. The van der Waals surface area contributed by atoms with Crippen molar-refractivity contribution >= 4 is 57.4 Å². The predicted octanol–water partition coefficient (Wildman–Crippen LogP) is 5.46. The van der Waals surface area contributed by atoms with Gasteiger partial charge in [-0.2, -0.15) is 5.06 Å². The van der Waals surface area contributed by atoms with Crippen LogP contribution in [-0.4, -0.2) is 58.5 Å². The Balaban J connectivity index is 1.36. The Labute approximate surface area is 249 Å². The van der Waals surface area contributed by atoms with Crippen molar-refractivity contribution < 1.29 is 33.1 Å². The Morgan fingerprint density at radius 3 is 2.86 bits per heavy atom. The fraction of sp³-hybridized carbons (Fsp3) is 0.310. The van der Waals surface area contributed by atoms with Crippen LogP contribution in [0.2, 0.25) is 5.02 Å². The number of para-hydroxylation sites is 1. The largest absolute Gasteiger partial charge is 0.481 e. The van der Waals surface area contributed by atoms with Crippen molar-refractivity contribution in [2.45, 2.75) is 37.8 Å². The molecule has 0 bridgehead atoms. The van der Waals surface area contributed by atoms with E-state index in [9.17, 15) is 14.4 Å². The van der Waals surface area contributed by atoms with Crippen LogP contribution in [-0.2, 0) is 32.9 Å². The Kier molecular flexibility index (Phi) is 8.60. The first-order chi connectivity index (χ1) is 20.1. The third kappa shape index (κ3) is 5.62. The van der Waals surface area contributed by atoms with Crippen LogP contribution in [0.15, 0.2) is 53.3 Å². The number of aliphatic carboxylic acids is 1. The van der Waals surface area contributed by atoms with Crippen molar-refractivity contribution in [2.75, 3.05) is 26.0 Å². The second kappa shape index (κ2) is 12.2. The maximum atomic E-state index is 15.3. The number of carbonyl (C=O) groups excluding carboxylic acids is 2. The highest BCUT2D eigenvalue weighted by Gasteiger charge is 2.51. The van der Waals surface area contributed by atoms with Crippen molar-refractivity contribution in [3.63, 3.8) is 0 Å². The van der Waals surface area contributed by atoms with Gasteiger partial charge in [-0.15, -0.1) is 11.3 Å². The van der Waals surface area contributed by atoms with E-state index in [4.69, 9.17) is 26.0 Å². The molecule has 5 rings (SSSR count). The zero-order valence-corrected chi connectivity index (χ0v) is 24.4. The van der Waals surface area contributed by atoms with Gasteiger partial charge in [-0.3, -0.25) is 19.2 Å². The van der Waals surface area contributed by atoms with E-state index in [1.54, 1.807) is 47.5 Å². The first-order valence-electron chi connectivity index (χ1n) is 13.1. The molecule has 1 atom stereocenters. The molecule has 42 heavy (non-hydrogen) atoms. The lowest BCUT2D eigenvalue weighted by Gasteiger charge is -2.42. The highest BCUT2D eigenvalue weighted by molar-refractivity contribution is 7.11. The highest BCUT2D eigenvalue weighted by atomic mass is 35.5. The van der Waals surface area contributed by atoms with Gasteiger partial charge < -0.3 is 19.7 Å². The van der Waals surface area contributed by atoms with Crippen LogP contribution < -0.4 is 5.32 Å². The fourth-order valence-electron chi connectivity index (χ4n) is 5.23. The van der Waals surface area contributed by atoms with Gasteiger partial charge in [-0.25, -0.2) is 9.37 Å². The molecule has 2 amide bonds. The van der Waals surface area contributed by atoms with Gasteiger partial charge in [0, 0.05) is 30.1 Å². The van der Waals surface area contributed by atoms with Gasteiger partial charge in [0.25, 0.3) is 5.91 Å². The first kappa shape index (κ1) is 29.6. The lowest BCUT2D eigenvalue weighted by atomic mass is 10.1. The summed E-state index contributed by atoms with van der Waals surface area (Å²) in [4.78, 5) is 50.1. The number of rotatable bonds is 10. The third-order valence-electron chi connectivity index (χ3n) is 7.38. The van der Waals surface area contributed by atoms with Crippen LogP contribution in [0.4, 0.5) is 10.1 Å². The summed E-state index contributed by atoms with van der Waals surface area (Å²) < 4.78 is 20.7. The number of nitrogens with zero attached hydrogens (tertiary/aromatic N) is 3. The number of carboxylic acid groups (broad SMARTS) is 1. The van der Waals surface area contributed by atoms with Crippen LogP contribution in [0.25, 0.3) is 11.0 Å². The minimum absolute atomic E-state index is 0.0352. The Bertz CT molecular complexity index is 1660. The second-order valence-corrected chi connectivity index (χ2v) is 11.4. The van der Waals surface area contributed by atoms with Gasteiger partial charge >= 0.3 is 5.97 Å². The molecule has 0 spiro atoms. The number of nitrogens with one attached hydrogen (secondary N) is 1. The number of halogens is 2. The second-order valence-electron chi connectivity index (χ2n) is 9.87. The molecule has 1 aliphatic heterocycles. The smallest absolute Gasteiger partial charge is 0.303 e. The predicted molar refractivity (Wildman–Crippen MR) is 155 cm³/mol. The SMILES string of the molecule is CON(C)[C@]1(c2ncc(CCC(=O)O)s2)CCCN1C(=O)Cc1cc(Cl)c(NC(=O)c2coc3ccccc23)cc1F. The lowest BCUT2D eigenvalue weighted by Crippen LogP contribution is -2.55. The monoisotopic (exact) mass is 614 g/mol. The zero-order valence-electron chi connectivity index (χ0n) is 22.9. The van der Waals surface area contributed by atoms with Crippen molar-refractivity contribution in [1.82, 2.24) is 14.9 Å². The quantitative estimate of drug-likeness (QED) is 0.226. The molecule has 1 saturated heterocycles. The normalized spacial score (nSPS) is 16.8. The molecule has 2 aromatic carbocycles. The van der Waals surface area contributed by atoms with Crippen LogP contribution >= 0.6 is 22.9 Å². The molecule has 4 aromatic rings. The molecule has 0 saturated carbocycles. The van der Waals surface area contributed by atoms with Crippen LogP contribution in [0.3, 0.4) is 0 Å². The average molecular weight is 615 g/mol. The number of thiazole rings is 1. The number of anilines is 1. The number of aromatic nitrogens is 1. The highest BCUT2D eigenvalue weighted by Crippen LogP contribution is 2.43. The minimum Gasteiger partial charge on any atom is -0.481 e. The Morgan fingerprint density at radius 2 is 2.10 bits per heavy atom. The number of benzene rings is 2. The summed E-state index contributed by atoms with van der Waals surface area (Å²) in [5.41, 5.74) is -0.0900. The van der Waals surface area contributed by atoms with E-state index in [0.29, 0.717) is 41.8 Å². The maximum Gasteiger partial charge on any atom is 0.303 e. The number of hydrogen-bond acceptors (Lipinski definition) is 8. The van der Waals surface area contributed by atoms with Crippen LogP contribution in [0, 0.1) is 5.82 Å². The number of aryl methyl sites for hydroxylation is 1. The van der Waals surface area contributed by atoms with E-state index >= 15 is 4.39 Å². The summed E-state index contributed by atoms with van der Waals surface area (Å²) in [6.07, 6.45) is 4.11. The number of hydrogen-bond donors (Lipinski definition) is 2. The number of furan rings is 1. The molecule has 3 heterocycles. The van der Waals surface area contributed by atoms with Crippen LogP contribution in [0.5, 0.6) is 0 Å². The van der Waals surface area contributed by atoms with Gasteiger partial charge in [-0.05, 0) is 43.0 Å². The number of likely N-dealkylation sites (tertiary alicyclic amines) is 1. The summed E-state index contributed by atoms with van der Waals surface area (Å²) >= 11 is 7.76. The molecular weight excluding hydrogens is 587 g/mol. The standard InChI is InChI=1S/C29H28ClFN4O6S/c1-34(40-2)29(28-32-15-18(42-28)8-9-26(37)38)10-5-11-35(29)25(36)13-17-12-21(30)23(14-22(17)31)33-27(39)20-16-41-24-7-4-3-6-19(20)24/h3-4,6-7,12,14-16H,5,8-11,13H2,1-2H3,(H,33,39)(H,37,38)/t29-/m1/s1. The van der Waals surface area contributed by atoms with Gasteiger partial charge in [-0.1, -0.05) is 29.8 Å². The van der Waals surface area contributed by atoms with E-state index < -0.39 is 23.4 Å². The lowest BCUT2D eigenvalue weighted by molar-refractivity contribution is -0.230. The number of carboxylic acids is 1. The molecule has 1 aliphatic rings. The molecule has 0 unspecified atom stereocenters. The van der Waals surface area contributed by atoms with E-state index in [1.807, 2.05) is 0 Å². The molecule has 2 aromatic heterocycles. The Morgan fingerprint density at radius 1 is 1.31 bits per heavy atom. The van der Waals surface area contributed by atoms with E-state index in [0.717, 1.165) is 10.9 Å². The molecule has 2 N–H and O–H groups in total. The molecule has 220 valence electrons. The zero-order chi connectivity index (χ0) is 30.0. The van der Waals surface area contributed by atoms with Crippen LogP contribution in [0.1, 0.15) is 45.1 Å².